The number of pyridine rings is 1. The molecule has 3 aromatic rings. The van der Waals surface area contributed by atoms with Crippen molar-refractivity contribution < 1.29 is 9.18 Å². The number of carbonyl (C=O) groups excluding carboxylic acids is 1. The van der Waals surface area contributed by atoms with Gasteiger partial charge in [-0.15, -0.1) is 0 Å². The highest BCUT2D eigenvalue weighted by molar-refractivity contribution is 5.79. The van der Waals surface area contributed by atoms with Gasteiger partial charge in [-0.25, -0.2) is 9.07 Å². The molecule has 0 bridgehead atoms. The molecule has 132 valence electrons. The van der Waals surface area contributed by atoms with Crippen molar-refractivity contribution >= 4 is 5.91 Å². The van der Waals surface area contributed by atoms with E-state index in [0.29, 0.717) is 17.8 Å². The molecule has 1 N–H and O–H groups in total. The zero-order chi connectivity index (χ0) is 18.5. The Morgan fingerprint density at radius 1 is 1.19 bits per heavy atom. The molecule has 26 heavy (non-hydrogen) atoms. The van der Waals surface area contributed by atoms with Gasteiger partial charge >= 0.3 is 0 Å². The van der Waals surface area contributed by atoms with E-state index in [0.717, 1.165) is 10.2 Å². The molecular formula is C19H17FN4O2. The summed E-state index contributed by atoms with van der Waals surface area (Å²) < 4.78 is 14.2. The quantitative estimate of drug-likeness (QED) is 0.764. The molecule has 0 unspecified atom stereocenters. The third-order valence-electron chi connectivity index (χ3n) is 3.90. The molecule has 2 aromatic heterocycles. The van der Waals surface area contributed by atoms with Crippen molar-refractivity contribution in [1.29, 1.82) is 0 Å². The average Bonchev–Trinajstić information content (AvgIpc) is 2.67. The Kier molecular flexibility index (Phi) is 5.17. The lowest BCUT2D eigenvalue weighted by atomic mass is 10.1. The number of rotatable bonds is 5. The largest absolute Gasteiger partial charge is 0.350 e. The van der Waals surface area contributed by atoms with Crippen LogP contribution in [0.2, 0.25) is 0 Å². The Hall–Kier alpha value is -3.35. The van der Waals surface area contributed by atoms with Crippen LogP contribution in [0.1, 0.15) is 18.5 Å². The first-order valence-electron chi connectivity index (χ1n) is 8.07. The summed E-state index contributed by atoms with van der Waals surface area (Å²) in [5.41, 5.74) is 1.60. The van der Waals surface area contributed by atoms with Crippen LogP contribution in [0.4, 0.5) is 4.39 Å². The summed E-state index contributed by atoms with van der Waals surface area (Å²) in [4.78, 5) is 28.5. The van der Waals surface area contributed by atoms with Crippen molar-refractivity contribution in [2.24, 2.45) is 0 Å². The Bertz CT molecular complexity index is 955. The summed E-state index contributed by atoms with van der Waals surface area (Å²) in [5.74, 6) is -0.690. The van der Waals surface area contributed by atoms with Crippen LogP contribution in [0.15, 0.2) is 65.7 Å². The van der Waals surface area contributed by atoms with Crippen molar-refractivity contribution in [2.75, 3.05) is 0 Å². The highest BCUT2D eigenvalue weighted by atomic mass is 19.1. The van der Waals surface area contributed by atoms with E-state index in [1.54, 1.807) is 43.6 Å². The van der Waals surface area contributed by atoms with E-state index in [1.807, 2.05) is 6.07 Å². The van der Waals surface area contributed by atoms with Gasteiger partial charge in [-0.1, -0.05) is 6.07 Å². The zero-order valence-electron chi connectivity index (χ0n) is 14.1. The number of nitrogens with zero attached hydrogens (tertiary/aromatic N) is 3. The van der Waals surface area contributed by atoms with Gasteiger partial charge in [0.05, 0.1) is 5.69 Å². The smallest absolute Gasteiger partial charge is 0.267 e. The molecule has 0 saturated carbocycles. The first kappa shape index (κ1) is 17.5. The van der Waals surface area contributed by atoms with Crippen LogP contribution in [-0.4, -0.2) is 20.7 Å². The van der Waals surface area contributed by atoms with Crippen molar-refractivity contribution in [2.45, 2.75) is 19.5 Å². The number of amides is 1. The van der Waals surface area contributed by atoms with Crippen molar-refractivity contribution in [1.82, 2.24) is 20.1 Å². The maximum Gasteiger partial charge on any atom is 0.267 e. The molecule has 0 aliphatic carbocycles. The number of aromatic nitrogens is 3. The topological polar surface area (TPSA) is 76.9 Å². The summed E-state index contributed by atoms with van der Waals surface area (Å²) >= 11 is 0. The molecule has 1 aromatic carbocycles. The van der Waals surface area contributed by atoms with E-state index >= 15 is 0 Å². The maximum atomic E-state index is 13.1. The van der Waals surface area contributed by atoms with Gasteiger partial charge in [0.25, 0.3) is 5.56 Å². The highest BCUT2D eigenvalue weighted by Crippen LogP contribution is 2.16. The van der Waals surface area contributed by atoms with Crippen molar-refractivity contribution in [3.8, 4) is 11.3 Å². The van der Waals surface area contributed by atoms with E-state index in [4.69, 9.17) is 0 Å². The van der Waals surface area contributed by atoms with Gasteiger partial charge in [0.2, 0.25) is 5.91 Å². The molecule has 6 nitrogen and oxygen atoms in total. The summed E-state index contributed by atoms with van der Waals surface area (Å²) in [5, 5.41) is 7.02. The lowest BCUT2D eigenvalue weighted by Gasteiger charge is -2.15. The molecule has 1 atom stereocenters. The van der Waals surface area contributed by atoms with Gasteiger partial charge < -0.3 is 5.32 Å². The number of nitrogens with one attached hydrogen (secondary N) is 1. The Morgan fingerprint density at radius 2 is 1.96 bits per heavy atom. The standard InChI is InChI=1S/C19H17FN4O2/c1-13(19(26)22-12-14-3-2-10-21-11-14)24-18(25)9-8-17(23-24)15-4-6-16(20)7-5-15/h2-11,13H,12H2,1H3,(H,22,26)/t13-/m0/s1. The summed E-state index contributed by atoms with van der Waals surface area (Å²) in [6, 6.07) is 11.5. The minimum absolute atomic E-state index is 0.309. The van der Waals surface area contributed by atoms with E-state index in [2.05, 4.69) is 15.4 Å². The van der Waals surface area contributed by atoms with Crippen LogP contribution in [-0.2, 0) is 11.3 Å². The van der Waals surface area contributed by atoms with Crippen molar-refractivity contribution in [3.05, 3.63) is 82.7 Å². The van der Waals surface area contributed by atoms with Crippen LogP contribution >= 0.6 is 0 Å². The van der Waals surface area contributed by atoms with Gasteiger partial charge in [0.1, 0.15) is 11.9 Å². The number of halogens is 1. The zero-order valence-corrected chi connectivity index (χ0v) is 14.1. The Labute approximate surface area is 149 Å². The van der Waals surface area contributed by atoms with Gasteiger partial charge in [-0.2, -0.15) is 5.10 Å². The lowest BCUT2D eigenvalue weighted by Crippen LogP contribution is -2.36. The Balaban J connectivity index is 1.78. The molecule has 0 radical (unpaired) electrons. The second-order valence-electron chi connectivity index (χ2n) is 5.76. The minimum atomic E-state index is -0.792. The Morgan fingerprint density at radius 3 is 2.65 bits per heavy atom. The van der Waals surface area contributed by atoms with Gasteiger partial charge in [-0.3, -0.25) is 14.6 Å². The maximum absolute atomic E-state index is 13.1. The number of carbonyl (C=O) groups is 1. The number of hydrogen-bond donors (Lipinski definition) is 1. The molecule has 1 amide bonds. The van der Waals surface area contributed by atoms with Crippen LogP contribution in [0.5, 0.6) is 0 Å². The normalized spacial score (nSPS) is 11.8. The fraction of sp³-hybridized carbons (Fsp3) is 0.158. The average molecular weight is 352 g/mol. The second kappa shape index (κ2) is 7.69. The van der Waals surface area contributed by atoms with Crippen molar-refractivity contribution in [3.63, 3.8) is 0 Å². The third kappa shape index (κ3) is 4.00. The van der Waals surface area contributed by atoms with Crippen LogP contribution in [0, 0.1) is 5.82 Å². The molecule has 0 saturated heterocycles. The minimum Gasteiger partial charge on any atom is -0.350 e. The fourth-order valence-corrected chi connectivity index (χ4v) is 2.43. The van der Waals surface area contributed by atoms with E-state index in [-0.39, 0.29) is 17.3 Å². The summed E-state index contributed by atoms with van der Waals surface area (Å²) in [7, 11) is 0. The SMILES string of the molecule is C[C@@H](C(=O)NCc1cccnc1)n1nc(-c2ccc(F)cc2)ccc1=O. The first-order chi connectivity index (χ1) is 12.5. The monoisotopic (exact) mass is 352 g/mol. The molecule has 0 aliphatic rings. The molecular weight excluding hydrogens is 335 g/mol. The van der Waals surface area contributed by atoms with Gasteiger partial charge in [-0.05, 0) is 48.9 Å². The first-order valence-corrected chi connectivity index (χ1v) is 8.07. The van der Waals surface area contributed by atoms with Gasteiger partial charge in [0.15, 0.2) is 0 Å². The van der Waals surface area contributed by atoms with Crippen LogP contribution in [0.3, 0.4) is 0 Å². The molecule has 0 fully saturated rings. The second-order valence-corrected chi connectivity index (χ2v) is 5.76. The van der Waals surface area contributed by atoms with Crippen LogP contribution in [0.25, 0.3) is 11.3 Å². The molecule has 3 rings (SSSR count). The van der Waals surface area contributed by atoms with E-state index in [1.165, 1.54) is 18.2 Å². The molecule has 0 aliphatic heterocycles. The number of hydrogen-bond acceptors (Lipinski definition) is 4. The van der Waals surface area contributed by atoms with Gasteiger partial charge in [0, 0.05) is 30.6 Å². The summed E-state index contributed by atoms with van der Waals surface area (Å²) in [6.07, 6.45) is 3.31. The van der Waals surface area contributed by atoms with E-state index < -0.39 is 6.04 Å². The molecule has 7 heteroatoms. The van der Waals surface area contributed by atoms with E-state index in [9.17, 15) is 14.0 Å². The third-order valence-corrected chi connectivity index (χ3v) is 3.90. The molecule has 2 heterocycles. The number of benzene rings is 1. The predicted octanol–water partition coefficient (Wildman–Crippen LogP) is 2.32. The predicted molar refractivity (Wildman–Crippen MR) is 94.7 cm³/mol. The fourth-order valence-electron chi connectivity index (χ4n) is 2.43. The molecule has 0 spiro atoms. The lowest BCUT2D eigenvalue weighted by molar-refractivity contribution is -0.124. The highest BCUT2D eigenvalue weighted by Gasteiger charge is 2.17. The van der Waals surface area contributed by atoms with Crippen LogP contribution < -0.4 is 10.9 Å². The summed E-state index contributed by atoms with van der Waals surface area (Å²) in [6.45, 7) is 1.91.